The molecule has 2 amide bonds. The van der Waals surface area contributed by atoms with Crippen molar-refractivity contribution in [1.29, 1.82) is 0 Å². The minimum atomic E-state index is -4.77. The summed E-state index contributed by atoms with van der Waals surface area (Å²) in [4.78, 5) is 26.9. The number of halogens is 3. The van der Waals surface area contributed by atoms with E-state index in [4.69, 9.17) is 0 Å². The van der Waals surface area contributed by atoms with Gasteiger partial charge < -0.3 is 14.9 Å². The predicted molar refractivity (Wildman–Crippen MR) is 71.8 cm³/mol. The number of β-amino-alcohol motifs (C(OH)–C–C–N with tert-alkyl or cyclic N) is 1. The molecule has 0 aromatic heterocycles. The van der Waals surface area contributed by atoms with Gasteiger partial charge in [-0.15, -0.1) is 0 Å². The summed E-state index contributed by atoms with van der Waals surface area (Å²) >= 11 is 0. The first kappa shape index (κ1) is 17.1. The van der Waals surface area contributed by atoms with Crippen molar-refractivity contribution in [2.75, 3.05) is 19.6 Å². The topological polar surface area (TPSA) is 60.9 Å². The van der Waals surface area contributed by atoms with E-state index in [2.05, 4.69) is 0 Å². The third kappa shape index (κ3) is 2.93. The van der Waals surface area contributed by atoms with E-state index in [9.17, 15) is 27.9 Å². The summed E-state index contributed by atoms with van der Waals surface area (Å²) in [6.45, 7) is 3.06. The van der Waals surface area contributed by atoms with Crippen LogP contribution >= 0.6 is 0 Å². The second kappa shape index (κ2) is 5.72. The molecule has 2 rings (SSSR count). The number of aliphatic hydroxyl groups is 1. The van der Waals surface area contributed by atoms with Crippen LogP contribution in [0, 0.1) is 5.92 Å². The highest BCUT2D eigenvalue weighted by Crippen LogP contribution is 2.38. The van der Waals surface area contributed by atoms with Crippen molar-refractivity contribution in [2.24, 2.45) is 5.92 Å². The molecule has 22 heavy (non-hydrogen) atoms. The van der Waals surface area contributed by atoms with Crippen LogP contribution in [0.4, 0.5) is 13.2 Å². The van der Waals surface area contributed by atoms with E-state index in [0.717, 1.165) is 4.90 Å². The van der Waals surface area contributed by atoms with E-state index in [1.807, 2.05) is 0 Å². The molecule has 0 aromatic carbocycles. The molecule has 0 aromatic rings. The third-order valence-corrected chi connectivity index (χ3v) is 4.42. The summed E-state index contributed by atoms with van der Waals surface area (Å²) in [7, 11) is 0. The monoisotopic (exact) mass is 322 g/mol. The third-order valence-electron chi connectivity index (χ3n) is 4.42. The number of alkyl halides is 3. The lowest BCUT2D eigenvalue weighted by Gasteiger charge is -2.33. The van der Waals surface area contributed by atoms with E-state index >= 15 is 0 Å². The van der Waals surface area contributed by atoms with Gasteiger partial charge in [0.05, 0.1) is 6.54 Å². The Morgan fingerprint density at radius 2 is 1.95 bits per heavy atom. The molecule has 0 radical (unpaired) electrons. The molecule has 2 aliphatic heterocycles. The van der Waals surface area contributed by atoms with Crippen LogP contribution in [0.3, 0.4) is 0 Å². The van der Waals surface area contributed by atoms with E-state index in [-0.39, 0.29) is 18.4 Å². The molecule has 5 nitrogen and oxygen atoms in total. The Morgan fingerprint density at radius 3 is 2.36 bits per heavy atom. The Bertz CT molecular complexity index is 467. The zero-order valence-electron chi connectivity index (χ0n) is 12.7. The van der Waals surface area contributed by atoms with Crippen LogP contribution in [-0.2, 0) is 9.59 Å². The molecule has 2 unspecified atom stereocenters. The maximum atomic E-state index is 12.9. The fourth-order valence-electron chi connectivity index (χ4n) is 3.14. The molecule has 2 saturated heterocycles. The predicted octanol–water partition coefficient (Wildman–Crippen LogP) is 1.16. The Balaban J connectivity index is 2.14. The molecule has 2 aliphatic rings. The Hall–Kier alpha value is -1.31. The number of amides is 2. The second-order valence-electron chi connectivity index (χ2n) is 6.42. The summed E-state index contributed by atoms with van der Waals surface area (Å²) < 4.78 is 38.6. The summed E-state index contributed by atoms with van der Waals surface area (Å²) in [6.07, 6.45) is -4.27. The number of carbonyl (C=O) groups is 2. The molecule has 126 valence electrons. The lowest BCUT2D eigenvalue weighted by atomic mass is 10.0. The normalized spacial score (nSPS) is 27.9. The van der Waals surface area contributed by atoms with Crippen molar-refractivity contribution in [1.82, 2.24) is 9.80 Å². The lowest BCUT2D eigenvalue weighted by Crippen LogP contribution is -2.53. The maximum absolute atomic E-state index is 12.9. The number of hydrogen-bond acceptors (Lipinski definition) is 3. The first-order valence-corrected chi connectivity index (χ1v) is 7.44. The van der Waals surface area contributed by atoms with Crippen LogP contribution in [0.2, 0.25) is 0 Å². The number of likely N-dealkylation sites (tertiary alicyclic amines) is 2. The average Bonchev–Trinajstić information content (AvgIpc) is 2.97. The van der Waals surface area contributed by atoms with Gasteiger partial charge in [-0.1, -0.05) is 13.8 Å². The van der Waals surface area contributed by atoms with Gasteiger partial charge in [0.15, 0.2) is 5.60 Å². The van der Waals surface area contributed by atoms with Gasteiger partial charge in [-0.25, -0.2) is 0 Å². The van der Waals surface area contributed by atoms with Crippen molar-refractivity contribution in [3.8, 4) is 0 Å². The van der Waals surface area contributed by atoms with Crippen LogP contribution in [0.15, 0.2) is 0 Å². The van der Waals surface area contributed by atoms with E-state index in [1.54, 1.807) is 13.8 Å². The fraction of sp³-hybridized carbons (Fsp3) is 0.857. The molecular formula is C14H21F3N2O3. The van der Waals surface area contributed by atoms with Crippen LogP contribution in [-0.4, -0.2) is 64.2 Å². The van der Waals surface area contributed by atoms with Gasteiger partial charge >= 0.3 is 6.18 Å². The van der Waals surface area contributed by atoms with E-state index in [0.29, 0.717) is 19.4 Å². The first-order chi connectivity index (χ1) is 10.1. The SMILES string of the molecule is CC(C)C(C(=O)N1CCC(O)(C(F)(F)F)C1)N1CCCC1=O. The van der Waals surface area contributed by atoms with E-state index in [1.165, 1.54) is 4.90 Å². The summed E-state index contributed by atoms with van der Waals surface area (Å²) in [5.74, 6) is -0.850. The summed E-state index contributed by atoms with van der Waals surface area (Å²) in [6, 6.07) is -0.759. The molecule has 0 aliphatic carbocycles. The molecule has 8 heteroatoms. The number of hydrogen-bond donors (Lipinski definition) is 1. The Morgan fingerprint density at radius 1 is 1.32 bits per heavy atom. The highest BCUT2D eigenvalue weighted by atomic mass is 19.4. The molecule has 0 saturated carbocycles. The van der Waals surface area contributed by atoms with Gasteiger partial charge in [-0.2, -0.15) is 13.2 Å². The molecule has 2 fully saturated rings. The van der Waals surface area contributed by atoms with Gasteiger partial charge in [0.25, 0.3) is 0 Å². The molecule has 0 bridgehead atoms. The van der Waals surface area contributed by atoms with Crippen LogP contribution in [0.5, 0.6) is 0 Å². The quantitative estimate of drug-likeness (QED) is 0.848. The average molecular weight is 322 g/mol. The standard InChI is InChI=1S/C14H21F3N2O3/c1-9(2)11(19-6-3-4-10(19)20)12(21)18-7-5-13(22,8-18)14(15,16)17/h9,11,22H,3-8H2,1-2H3. The van der Waals surface area contributed by atoms with Crippen molar-refractivity contribution in [3.05, 3.63) is 0 Å². The number of carbonyl (C=O) groups excluding carboxylic acids is 2. The highest BCUT2D eigenvalue weighted by Gasteiger charge is 2.58. The molecule has 1 N–H and O–H groups in total. The summed E-state index contributed by atoms with van der Waals surface area (Å²) in [5, 5.41) is 9.69. The number of rotatable bonds is 3. The minimum absolute atomic E-state index is 0.141. The zero-order chi connectivity index (χ0) is 16.7. The van der Waals surface area contributed by atoms with Gasteiger partial charge in [-0.3, -0.25) is 9.59 Å². The summed E-state index contributed by atoms with van der Waals surface area (Å²) in [5.41, 5.74) is -2.85. The molecule has 0 spiro atoms. The Kier molecular flexibility index (Phi) is 4.43. The van der Waals surface area contributed by atoms with Crippen molar-refractivity contribution >= 4 is 11.8 Å². The van der Waals surface area contributed by atoms with E-state index < -0.39 is 36.7 Å². The van der Waals surface area contributed by atoms with Crippen molar-refractivity contribution in [3.63, 3.8) is 0 Å². The van der Waals surface area contributed by atoms with Gasteiger partial charge in [0.2, 0.25) is 11.8 Å². The highest BCUT2D eigenvalue weighted by molar-refractivity contribution is 5.89. The smallest absolute Gasteiger partial charge is 0.379 e. The van der Waals surface area contributed by atoms with Gasteiger partial charge in [0, 0.05) is 25.9 Å². The Labute approximate surface area is 127 Å². The zero-order valence-corrected chi connectivity index (χ0v) is 12.7. The fourth-order valence-corrected chi connectivity index (χ4v) is 3.14. The van der Waals surface area contributed by atoms with Gasteiger partial charge in [0.1, 0.15) is 6.04 Å². The largest absolute Gasteiger partial charge is 0.419 e. The van der Waals surface area contributed by atoms with Crippen LogP contribution < -0.4 is 0 Å². The molecule has 2 heterocycles. The molecular weight excluding hydrogens is 301 g/mol. The second-order valence-corrected chi connectivity index (χ2v) is 6.42. The first-order valence-electron chi connectivity index (χ1n) is 7.44. The lowest BCUT2D eigenvalue weighted by molar-refractivity contribution is -0.253. The minimum Gasteiger partial charge on any atom is -0.379 e. The maximum Gasteiger partial charge on any atom is 0.419 e. The van der Waals surface area contributed by atoms with Crippen molar-refractivity contribution in [2.45, 2.75) is 50.9 Å². The van der Waals surface area contributed by atoms with Crippen LogP contribution in [0.25, 0.3) is 0 Å². The molecule has 2 atom stereocenters. The van der Waals surface area contributed by atoms with Gasteiger partial charge in [-0.05, 0) is 12.3 Å². The number of nitrogens with zero attached hydrogens (tertiary/aromatic N) is 2. The van der Waals surface area contributed by atoms with Crippen molar-refractivity contribution < 1.29 is 27.9 Å². The van der Waals surface area contributed by atoms with Crippen LogP contribution in [0.1, 0.15) is 33.1 Å².